The molecule has 0 saturated heterocycles. The lowest BCUT2D eigenvalue weighted by atomic mass is 10.0. The van der Waals surface area contributed by atoms with Gasteiger partial charge in [0.15, 0.2) is 0 Å². The summed E-state index contributed by atoms with van der Waals surface area (Å²) in [6, 6.07) is 43.0. The number of aromatic nitrogens is 4. The zero-order valence-electron chi connectivity index (χ0n) is 31.3. The standard InChI is InChI=1S/C48H38F2N4O2/c1-27-25-31(9-15-35(27)49)47-41-21-17-37(51-41)45(29-5-11-33(55-3)12-6-29)39-19-23-43(53-39)48(32-10-16-36(50)28(2)26-32)44-24-20-40(54-44)46(38-18-22-42(47)52-38)30-7-13-34(56-4)14-8-30/h5-26,51-54H,1-4H3. The number of rotatable bonds is 6. The van der Waals surface area contributed by atoms with Crippen LogP contribution in [0.3, 0.4) is 0 Å². The minimum absolute atomic E-state index is 0.260. The first-order valence-corrected chi connectivity index (χ1v) is 18.4. The first kappa shape index (κ1) is 34.7. The molecule has 1 aliphatic rings. The Balaban J connectivity index is 1.42. The van der Waals surface area contributed by atoms with E-state index in [-0.39, 0.29) is 11.6 Å². The second-order valence-corrected chi connectivity index (χ2v) is 14.0. The van der Waals surface area contributed by atoms with Crippen LogP contribution in [0.2, 0.25) is 0 Å². The maximum absolute atomic E-state index is 14.7. The molecule has 9 rings (SSSR count). The molecule has 4 N–H and O–H groups in total. The van der Waals surface area contributed by atoms with E-state index in [1.54, 1.807) is 28.1 Å². The third kappa shape index (κ3) is 6.15. The SMILES string of the molecule is COc1ccc(C2=c3ccc([nH]3)=C(c3ccc(F)c(C)c3)c3ccc([nH]3)C(c3ccc(OC)cc3)=c3ccc([nH]3)=C(c3ccc(F)c(C)c3)c3ccc2[nH]3)cc1. The fourth-order valence-electron chi connectivity index (χ4n) is 7.69. The Morgan fingerprint density at radius 3 is 0.964 bits per heavy atom. The molecule has 6 nitrogen and oxygen atoms in total. The molecule has 0 amide bonds. The van der Waals surface area contributed by atoms with Gasteiger partial charge in [-0.3, -0.25) is 0 Å². The van der Waals surface area contributed by atoms with Gasteiger partial charge in [-0.25, -0.2) is 8.78 Å². The Kier molecular flexibility index (Phi) is 8.66. The highest BCUT2D eigenvalue weighted by Crippen LogP contribution is 2.30. The lowest BCUT2D eigenvalue weighted by Crippen LogP contribution is -2.19. The average Bonchev–Trinajstić information content (AvgIpc) is 4.06. The average molecular weight is 741 g/mol. The maximum Gasteiger partial charge on any atom is 0.126 e. The molecule has 0 aliphatic carbocycles. The minimum atomic E-state index is -0.260. The Bertz CT molecular complexity index is 2830. The van der Waals surface area contributed by atoms with Gasteiger partial charge in [-0.1, -0.05) is 36.4 Å². The molecule has 4 aromatic carbocycles. The van der Waals surface area contributed by atoms with Crippen LogP contribution >= 0.6 is 0 Å². The number of hydrogen-bond donors (Lipinski definition) is 4. The van der Waals surface area contributed by atoms with Crippen molar-refractivity contribution in [2.24, 2.45) is 0 Å². The maximum atomic E-state index is 14.7. The first-order chi connectivity index (χ1) is 27.3. The molecule has 0 unspecified atom stereocenters. The minimum Gasteiger partial charge on any atom is -0.497 e. The Morgan fingerprint density at radius 2 is 0.661 bits per heavy atom. The number of halogens is 2. The predicted molar refractivity (Wildman–Crippen MR) is 216 cm³/mol. The van der Waals surface area contributed by atoms with Crippen LogP contribution in [0.1, 0.15) is 56.2 Å². The van der Waals surface area contributed by atoms with Gasteiger partial charge in [-0.2, -0.15) is 0 Å². The molecule has 8 heteroatoms. The second-order valence-electron chi connectivity index (χ2n) is 14.0. The van der Waals surface area contributed by atoms with Crippen molar-refractivity contribution in [3.8, 4) is 11.5 Å². The lowest BCUT2D eigenvalue weighted by Gasteiger charge is -2.11. The largest absolute Gasteiger partial charge is 0.497 e. The number of H-pyrrole nitrogens is 4. The van der Waals surface area contributed by atoms with Crippen molar-refractivity contribution < 1.29 is 18.3 Å². The van der Waals surface area contributed by atoms with E-state index in [9.17, 15) is 8.78 Å². The summed E-state index contributed by atoms with van der Waals surface area (Å²) >= 11 is 0. The molecular weight excluding hydrogens is 703 g/mol. The van der Waals surface area contributed by atoms with Crippen LogP contribution in [0.4, 0.5) is 8.78 Å². The van der Waals surface area contributed by atoms with Gasteiger partial charge in [0.25, 0.3) is 0 Å². The number of nitrogens with one attached hydrogen (secondary N) is 4. The Hall–Kier alpha value is -7.06. The van der Waals surface area contributed by atoms with Crippen molar-refractivity contribution in [3.05, 3.63) is 223 Å². The molecule has 56 heavy (non-hydrogen) atoms. The molecule has 0 radical (unpaired) electrons. The Labute approximate surface area is 321 Å². The highest BCUT2D eigenvalue weighted by atomic mass is 19.1. The molecule has 5 heterocycles. The van der Waals surface area contributed by atoms with Crippen LogP contribution < -0.4 is 30.9 Å². The number of methoxy groups -OCH3 is 2. The van der Waals surface area contributed by atoms with E-state index in [0.717, 1.165) is 100 Å². The molecule has 0 saturated carbocycles. The number of fused-ring (bicyclic) bond motifs is 8. The van der Waals surface area contributed by atoms with Gasteiger partial charge >= 0.3 is 0 Å². The number of ether oxygens (including phenoxy) is 2. The summed E-state index contributed by atoms with van der Waals surface area (Å²) in [6.07, 6.45) is 0. The first-order valence-electron chi connectivity index (χ1n) is 18.4. The highest BCUT2D eigenvalue weighted by Gasteiger charge is 2.19. The molecular formula is C48H38F2N4O2. The van der Waals surface area contributed by atoms with Gasteiger partial charge < -0.3 is 29.4 Å². The van der Waals surface area contributed by atoms with Crippen molar-refractivity contribution in [2.75, 3.05) is 14.2 Å². The number of aryl methyl sites for hydroxylation is 2. The van der Waals surface area contributed by atoms with Gasteiger partial charge in [-0.15, -0.1) is 0 Å². The molecule has 1 aliphatic heterocycles. The van der Waals surface area contributed by atoms with E-state index in [1.807, 2.05) is 72.8 Å². The fourth-order valence-corrected chi connectivity index (χ4v) is 7.69. The van der Waals surface area contributed by atoms with Gasteiger partial charge in [-0.05, 0) is 144 Å². The summed E-state index contributed by atoms with van der Waals surface area (Å²) in [6.45, 7) is 3.56. The van der Waals surface area contributed by atoms with E-state index < -0.39 is 0 Å². The van der Waals surface area contributed by atoms with E-state index in [4.69, 9.17) is 9.47 Å². The van der Waals surface area contributed by atoms with Gasteiger partial charge in [0, 0.05) is 66.5 Å². The third-order valence-corrected chi connectivity index (χ3v) is 10.5. The monoisotopic (exact) mass is 740 g/mol. The van der Waals surface area contributed by atoms with Crippen LogP contribution in [0.5, 0.6) is 11.5 Å². The number of benzene rings is 4. The summed E-state index contributed by atoms with van der Waals surface area (Å²) < 4.78 is 40.5. The molecule has 8 aromatic rings. The quantitative estimate of drug-likeness (QED) is 0.145. The topological polar surface area (TPSA) is 81.6 Å². The lowest BCUT2D eigenvalue weighted by molar-refractivity contribution is 0.414. The van der Waals surface area contributed by atoms with Crippen molar-refractivity contribution in [3.63, 3.8) is 0 Å². The summed E-state index contributed by atoms with van der Waals surface area (Å²) in [5.74, 6) is 0.985. The summed E-state index contributed by atoms with van der Waals surface area (Å²) in [5, 5.41) is 3.46. The van der Waals surface area contributed by atoms with Crippen LogP contribution in [0.25, 0.3) is 22.3 Å². The molecule has 276 valence electrons. The van der Waals surface area contributed by atoms with Crippen molar-refractivity contribution >= 4 is 22.3 Å². The zero-order valence-corrected chi connectivity index (χ0v) is 31.3. The normalized spacial score (nSPS) is 12.7. The van der Waals surface area contributed by atoms with Crippen LogP contribution in [-0.4, -0.2) is 34.2 Å². The second kappa shape index (κ2) is 14.0. The van der Waals surface area contributed by atoms with E-state index in [1.165, 1.54) is 12.1 Å². The van der Waals surface area contributed by atoms with E-state index >= 15 is 0 Å². The summed E-state index contributed by atoms with van der Waals surface area (Å²) in [5.41, 5.74) is 11.9. The van der Waals surface area contributed by atoms with Crippen LogP contribution in [-0.2, 0) is 0 Å². The third-order valence-electron chi connectivity index (χ3n) is 10.5. The van der Waals surface area contributed by atoms with E-state index in [2.05, 4.69) is 68.5 Å². The number of hydrogen-bond acceptors (Lipinski definition) is 2. The van der Waals surface area contributed by atoms with Crippen LogP contribution in [0.15, 0.2) is 133 Å². The summed E-state index contributed by atoms with van der Waals surface area (Å²) in [4.78, 5) is 15.0. The Morgan fingerprint density at radius 1 is 0.357 bits per heavy atom. The zero-order chi connectivity index (χ0) is 38.5. The fraction of sp³-hybridized carbons (Fsp3) is 0.0833. The smallest absolute Gasteiger partial charge is 0.126 e. The van der Waals surface area contributed by atoms with Crippen molar-refractivity contribution in [2.45, 2.75) is 13.8 Å². The number of aromatic amines is 4. The van der Waals surface area contributed by atoms with Gasteiger partial charge in [0.1, 0.15) is 23.1 Å². The van der Waals surface area contributed by atoms with Gasteiger partial charge in [0.05, 0.1) is 14.2 Å². The molecule has 0 atom stereocenters. The van der Waals surface area contributed by atoms with Crippen molar-refractivity contribution in [1.82, 2.24) is 19.9 Å². The predicted octanol–water partition coefficient (Wildman–Crippen LogP) is 7.21. The van der Waals surface area contributed by atoms with Gasteiger partial charge in [0.2, 0.25) is 0 Å². The molecule has 4 aromatic heterocycles. The van der Waals surface area contributed by atoms with Crippen molar-refractivity contribution in [1.29, 1.82) is 0 Å². The molecule has 8 bridgehead atoms. The highest BCUT2D eigenvalue weighted by molar-refractivity contribution is 5.85. The molecule has 0 fully saturated rings. The summed E-state index contributed by atoms with van der Waals surface area (Å²) in [7, 11) is 3.31. The van der Waals surface area contributed by atoms with E-state index in [0.29, 0.717) is 11.1 Å². The van der Waals surface area contributed by atoms with Crippen LogP contribution in [0, 0.1) is 25.5 Å². The molecule has 0 spiro atoms.